The molecule has 0 aromatic carbocycles. The van der Waals surface area contributed by atoms with E-state index in [1.807, 2.05) is 0 Å². The van der Waals surface area contributed by atoms with Crippen molar-refractivity contribution in [3.05, 3.63) is 0 Å². The predicted octanol–water partition coefficient (Wildman–Crippen LogP) is 1.54. The Morgan fingerprint density at radius 1 is 0.950 bits per heavy atom. The highest BCUT2D eigenvalue weighted by molar-refractivity contribution is 9.09. The maximum absolute atomic E-state index is 5.74. The Bertz CT molecular complexity index is 213. The van der Waals surface area contributed by atoms with Crippen LogP contribution in [0.25, 0.3) is 0 Å². The van der Waals surface area contributed by atoms with Crippen LogP contribution >= 0.6 is 15.9 Å². The Kier molecular flexibility index (Phi) is 11.9. The average Bonchev–Trinajstić information content (AvgIpc) is 2.49. The molecule has 0 radical (unpaired) electrons. The number of ether oxygens (including phenoxy) is 4. The molecule has 6 heteroatoms. The fraction of sp³-hybridized carbons (Fsp3) is 1.00. The summed E-state index contributed by atoms with van der Waals surface area (Å²) in [6.45, 7) is 7.41. The van der Waals surface area contributed by atoms with E-state index in [2.05, 4.69) is 20.8 Å². The molecule has 0 aliphatic carbocycles. The molecule has 1 saturated heterocycles. The number of halogens is 1. The molecule has 1 fully saturated rings. The van der Waals surface area contributed by atoms with E-state index in [1.54, 1.807) is 7.11 Å². The van der Waals surface area contributed by atoms with Crippen LogP contribution in [0.5, 0.6) is 0 Å². The van der Waals surface area contributed by atoms with Gasteiger partial charge in [0.15, 0.2) is 0 Å². The number of alkyl halides is 1. The topological polar surface area (TPSA) is 40.2 Å². The zero-order chi connectivity index (χ0) is 14.5. The van der Waals surface area contributed by atoms with Crippen LogP contribution < -0.4 is 0 Å². The number of hydrogen-bond donors (Lipinski definition) is 0. The van der Waals surface area contributed by atoms with Crippen molar-refractivity contribution in [2.45, 2.75) is 18.9 Å². The number of piperidine rings is 1. The molecule has 120 valence electrons. The number of methoxy groups -OCH3 is 1. The van der Waals surface area contributed by atoms with E-state index < -0.39 is 0 Å². The molecule has 20 heavy (non-hydrogen) atoms. The van der Waals surface area contributed by atoms with Crippen molar-refractivity contribution in [2.24, 2.45) is 0 Å². The largest absolute Gasteiger partial charge is 0.382 e. The molecule has 0 aromatic rings. The average molecular weight is 354 g/mol. The number of hydrogen-bond acceptors (Lipinski definition) is 5. The molecular weight excluding hydrogens is 326 g/mol. The van der Waals surface area contributed by atoms with Crippen LogP contribution in [-0.4, -0.2) is 82.7 Å². The fourth-order valence-corrected chi connectivity index (χ4v) is 2.36. The van der Waals surface area contributed by atoms with Crippen molar-refractivity contribution in [3.63, 3.8) is 0 Å². The molecule has 0 amide bonds. The quantitative estimate of drug-likeness (QED) is 0.393. The number of likely N-dealkylation sites (tertiary alicyclic amines) is 1. The van der Waals surface area contributed by atoms with Gasteiger partial charge in [-0.2, -0.15) is 0 Å². The first-order chi connectivity index (χ1) is 9.86. The van der Waals surface area contributed by atoms with Crippen molar-refractivity contribution >= 4 is 15.9 Å². The van der Waals surface area contributed by atoms with E-state index >= 15 is 0 Å². The van der Waals surface area contributed by atoms with Gasteiger partial charge in [-0.05, 0) is 12.8 Å². The summed E-state index contributed by atoms with van der Waals surface area (Å²) >= 11 is 3.39. The second kappa shape index (κ2) is 13.0. The summed E-state index contributed by atoms with van der Waals surface area (Å²) in [4.78, 5) is 2.44. The standard InChI is InChI=1S/C14H28BrNO4/c1-17-10-11-19-13-12-18-9-7-16-5-2-14(3-6-16)20-8-4-15/h14H,2-13H2,1H3. The molecule has 0 N–H and O–H groups in total. The summed E-state index contributed by atoms with van der Waals surface area (Å²) in [6, 6.07) is 0. The fourth-order valence-electron chi connectivity index (χ4n) is 2.17. The molecular formula is C14H28BrNO4. The first-order valence-corrected chi connectivity index (χ1v) is 8.53. The maximum atomic E-state index is 5.74. The third-order valence-corrected chi connectivity index (χ3v) is 3.64. The Morgan fingerprint density at radius 3 is 2.25 bits per heavy atom. The van der Waals surface area contributed by atoms with Crippen molar-refractivity contribution in [2.75, 3.05) is 71.7 Å². The zero-order valence-corrected chi connectivity index (χ0v) is 14.1. The third kappa shape index (κ3) is 9.26. The maximum Gasteiger partial charge on any atom is 0.0701 e. The molecule has 0 saturated carbocycles. The molecule has 1 aliphatic heterocycles. The van der Waals surface area contributed by atoms with Crippen LogP contribution in [0.15, 0.2) is 0 Å². The minimum absolute atomic E-state index is 0.443. The summed E-state index contributed by atoms with van der Waals surface area (Å²) in [7, 11) is 1.67. The highest BCUT2D eigenvalue weighted by atomic mass is 79.9. The first-order valence-electron chi connectivity index (χ1n) is 7.41. The van der Waals surface area contributed by atoms with Gasteiger partial charge in [-0.25, -0.2) is 0 Å². The normalized spacial score (nSPS) is 17.7. The van der Waals surface area contributed by atoms with Crippen molar-refractivity contribution < 1.29 is 18.9 Å². The number of rotatable bonds is 12. The van der Waals surface area contributed by atoms with Gasteiger partial charge in [0.25, 0.3) is 0 Å². The Hall–Kier alpha value is 0.280. The van der Waals surface area contributed by atoms with Crippen LogP contribution in [-0.2, 0) is 18.9 Å². The molecule has 0 spiro atoms. The van der Waals surface area contributed by atoms with E-state index in [-0.39, 0.29) is 0 Å². The number of nitrogens with zero attached hydrogens (tertiary/aromatic N) is 1. The van der Waals surface area contributed by atoms with E-state index in [9.17, 15) is 0 Å². The first kappa shape index (κ1) is 18.3. The molecule has 0 unspecified atom stereocenters. The summed E-state index contributed by atoms with van der Waals surface area (Å²) < 4.78 is 21.5. The van der Waals surface area contributed by atoms with Gasteiger partial charge >= 0.3 is 0 Å². The Balaban J connectivity index is 1.86. The second-order valence-electron chi connectivity index (χ2n) is 4.82. The smallest absolute Gasteiger partial charge is 0.0701 e. The van der Waals surface area contributed by atoms with Gasteiger partial charge in [0, 0.05) is 32.1 Å². The second-order valence-corrected chi connectivity index (χ2v) is 5.61. The molecule has 5 nitrogen and oxygen atoms in total. The molecule has 1 heterocycles. The van der Waals surface area contributed by atoms with Crippen LogP contribution in [0.3, 0.4) is 0 Å². The van der Waals surface area contributed by atoms with Crippen LogP contribution in [0, 0.1) is 0 Å². The SMILES string of the molecule is COCCOCCOCCN1CCC(OCCBr)CC1. The summed E-state index contributed by atoms with van der Waals surface area (Å²) in [6.07, 6.45) is 2.71. The van der Waals surface area contributed by atoms with E-state index in [0.29, 0.717) is 32.5 Å². The van der Waals surface area contributed by atoms with Gasteiger partial charge in [-0.1, -0.05) is 15.9 Å². The van der Waals surface area contributed by atoms with Crippen LogP contribution in [0.1, 0.15) is 12.8 Å². The lowest BCUT2D eigenvalue weighted by atomic mass is 10.1. The summed E-state index contributed by atoms with van der Waals surface area (Å²) in [5.74, 6) is 0. The predicted molar refractivity (Wildman–Crippen MR) is 82.7 cm³/mol. The van der Waals surface area contributed by atoms with E-state index in [4.69, 9.17) is 18.9 Å². The Morgan fingerprint density at radius 2 is 1.60 bits per heavy atom. The summed E-state index contributed by atoms with van der Waals surface area (Å²) in [5.41, 5.74) is 0. The summed E-state index contributed by atoms with van der Waals surface area (Å²) in [5, 5.41) is 0.924. The minimum Gasteiger partial charge on any atom is -0.382 e. The highest BCUT2D eigenvalue weighted by Crippen LogP contribution is 2.13. The lowest BCUT2D eigenvalue weighted by Crippen LogP contribution is -2.39. The third-order valence-electron chi connectivity index (χ3n) is 3.32. The molecule has 0 aromatic heterocycles. The minimum atomic E-state index is 0.443. The zero-order valence-electron chi connectivity index (χ0n) is 12.5. The van der Waals surface area contributed by atoms with Crippen molar-refractivity contribution in [1.29, 1.82) is 0 Å². The van der Waals surface area contributed by atoms with Gasteiger partial charge < -0.3 is 23.8 Å². The van der Waals surface area contributed by atoms with Gasteiger partial charge in [0.2, 0.25) is 0 Å². The molecule has 0 bridgehead atoms. The van der Waals surface area contributed by atoms with Gasteiger partial charge in [-0.3, -0.25) is 0 Å². The lowest BCUT2D eigenvalue weighted by molar-refractivity contribution is -0.00133. The molecule has 1 rings (SSSR count). The van der Waals surface area contributed by atoms with Crippen LogP contribution in [0.4, 0.5) is 0 Å². The Labute approximate surface area is 131 Å². The van der Waals surface area contributed by atoms with Crippen LogP contribution in [0.2, 0.25) is 0 Å². The molecule has 1 aliphatic rings. The monoisotopic (exact) mass is 353 g/mol. The van der Waals surface area contributed by atoms with Crippen molar-refractivity contribution in [1.82, 2.24) is 4.90 Å². The molecule has 0 atom stereocenters. The van der Waals surface area contributed by atoms with Gasteiger partial charge in [0.05, 0.1) is 45.7 Å². The lowest BCUT2D eigenvalue weighted by Gasteiger charge is -2.31. The van der Waals surface area contributed by atoms with E-state index in [1.165, 1.54) is 0 Å². The highest BCUT2D eigenvalue weighted by Gasteiger charge is 2.18. The van der Waals surface area contributed by atoms with Crippen molar-refractivity contribution in [3.8, 4) is 0 Å². The van der Waals surface area contributed by atoms with E-state index in [0.717, 1.165) is 51.0 Å². The van der Waals surface area contributed by atoms with Gasteiger partial charge in [-0.15, -0.1) is 0 Å². The van der Waals surface area contributed by atoms with Gasteiger partial charge in [0.1, 0.15) is 0 Å².